The van der Waals surface area contributed by atoms with Crippen LogP contribution in [0.1, 0.15) is 5.56 Å². The van der Waals surface area contributed by atoms with E-state index in [-0.39, 0.29) is 5.75 Å². The molecule has 0 unspecified atom stereocenters. The van der Waals surface area contributed by atoms with E-state index >= 15 is 0 Å². The SMILES string of the molecule is CN(C(=O)C(=O)NCc1ccccc1)c1ccc(O)cc1. The van der Waals surface area contributed by atoms with Crippen LogP contribution in [0, 0.1) is 0 Å². The summed E-state index contributed by atoms with van der Waals surface area (Å²) < 4.78 is 0. The van der Waals surface area contributed by atoms with Gasteiger partial charge < -0.3 is 15.3 Å². The van der Waals surface area contributed by atoms with Crippen molar-refractivity contribution in [1.29, 1.82) is 0 Å². The van der Waals surface area contributed by atoms with E-state index in [4.69, 9.17) is 0 Å². The lowest BCUT2D eigenvalue weighted by Crippen LogP contribution is -2.40. The number of phenolic OH excluding ortho intramolecular Hbond substituents is 1. The lowest BCUT2D eigenvalue weighted by molar-refractivity contribution is -0.137. The van der Waals surface area contributed by atoms with Gasteiger partial charge in [-0.1, -0.05) is 30.3 Å². The molecule has 108 valence electrons. The van der Waals surface area contributed by atoms with Crippen LogP contribution in [-0.2, 0) is 16.1 Å². The summed E-state index contributed by atoms with van der Waals surface area (Å²) in [6.45, 7) is 0.300. The molecule has 2 aromatic carbocycles. The van der Waals surface area contributed by atoms with Gasteiger partial charge in [0.2, 0.25) is 0 Å². The van der Waals surface area contributed by atoms with Gasteiger partial charge in [-0.3, -0.25) is 9.59 Å². The topological polar surface area (TPSA) is 69.6 Å². The molecule has 0 heterocycles. The van der Waals surface area contributed by atoms with Gasteiger partial charge in [0.1, 0.15) is 5.75 Å². The van der Waals surface area contributed by atoms with Gasteiger partial charge in [-0.05, 0) is 29.8 Å². The van der Waals surface area contributed by atoms with Crippen molar-refractivity contribution in [3.8, 4) is 5.75 Å². The van der Waals surface area contributed by atoms with Gasteiger partial charge in [0.05, 0.1) is 0 Å². The molecule has 0 aliphatic carbocycles. The summed E-state index contributed by atoms with van der Waals surface area (Å²) in [6.07, 6.45) is 0. The fourth-order valence-electron chi connectivity index (χ4n) is 1.80. The summed E-state index contributed by atoms with van der Waals surface area (Å²) >= 11 is 0. The van der Waals surface area contributed by atoms with Crippen LogP contribution in [0.15, 0.2) is 54.6 Å². The van der Waals surface area contributed by atoms with Gasteiger partial charge in [0.15, 0.2) is 0 Å². The average molecular weight is 284 g/mol. The fraction of sp³-hybridized carbons (Fsp3) is 0.125. The first-order chi connectivity index (χ1) is 10.1. The summed E-state index contributed by atoms with van der Waals surface area (Å²) in [7, 11) is 1.51. The summed E-state index contributed by atoms with van der Waals surface area (Å²) in [5.74, 6) is -1.22. The maximum atomic E-state index is 12.0. The second-order valence-corrected chi connectivity index (χ2v) is 4.55. The molecule has 0 saturated heterocycles. The number of nitrogens with zero attached hydrogens (tertiary/aromatic N) is 1. The van der Waals surface area contributed by atoms with E-state index in [1.165, 1.54) is 24.1 Å². The van der Waals surface area contributed by atoms with Crippen LogP contribution in [0.4, 0.5) is 5.69 Å². The Bertz CT molecular complexity index is 624. The van der Waals surface area contributed by atoms with E-state index in [1.54, 1.807) is 12.1 Å². The minimum atomic E-state index is -0.672. The Morgan fingerprint density at radius 2 is 1.67 bits per heavy atom. The van der Waals surface area contributed by atoms with Crippen LogP contribution >= 0.6 is 0 Å². The monoisotopic (exact) mass is 284 g/mol. The Morgan fingerprint density at radius 1 is 1.05 bits per heavy atom. The van der Waals surface area contributed by atoms with E-state index in [0.29, 0.717) is 12.2 Å². The molecule has 5 nitrogen and oxygen atoms in total. The molecule has 0 spiro atoms. The van der Waals surface area contributed by atoms with Crippen LogP contribution in [-0.4, -0.2) is 24.0 Å². The fourth-order valence-corrected chi connectivity index (χ4v) is 1.80. The first-order valence-electron chi connectivity index (χ1n) is 6.47. The van der Waals surface area contributed by atoms with Crippen LogP contribution in [0.25, 0.3) is 0 Å². The zero-order valence-electron chi connectivity index (χ0n) is 11.6. The van der Waals surface area contributed by atoms with Gasteiger partial charge in [-0.25, -0.2) is 0 Å². The van der Waals surface area contributed by atoms with Crippen LogP contribution in [0.5, 0.6) is 5.75 Å². The molecule has 2 N–H and O–H groups in total. The lowest BCUT2D eigenvalue weighted by Gasteiger charge is -2.16. The maximum absolute atomic E-state index is 12.0. The van der Waals surface area contributed by atoms with E-state index in [1.807, 2.05) is 30.3 Å². The molecule has 21 heavy (non-hydrogen) atoms. The van der Waals surface area contributed by atoms with Crippen molar-refractivity contribution < 1.29 is 14.7 Å². The van der Waals surface area contributed by atoms with Crippen molar-refractivity contribution in [2.24, 2.45) is 0 Å². The second-order valence-electron chi connectivity index (χ2n) is 4.55. The highest BCUT2D eigenvalue weighted by Gasteiger charge is 2.19. The van der Waals surface area contributed by atoms with Crippen LogP contribution in [0.3, 0.4) is 0 Å². The molecule has 0 saturated carbocycles. The van der Waals surface area contributed by atoms with Gasteiger partial charge in [-0.15, -0.1) is 0 Å². The maximum Gasteiger partial charge on any atom is 0.316 e. The molecular formula is C16H16N2O3. The van der Waals surface area contributed by atoms with Gasteiger partial charge in [-0.2, -0.15) is 0 Å². The Morgan fingerprint density at radius 3 is 2.29 bits per heavy atom. The number of amides is 2. The van der Waals surface area contributed by atoms with Crippen molar-refractivity contribution >= 4 is 17.5 Å². The Labute approximate surface area is 122 Å². The van der Waals surface area contributed by atoms with Crippen molar-refractivity contribution in [3.05, 3.63) is 60.2 Å². The number of hydrogen-bond acceptors (Lipinski definition) is 3. The Kier molecular flexibility index (Phi) is 4.56. The normalized spacial score (nSPS) is 9.95. The number of likely N-dealkylation sites (N-methyl/N-ethyl adjacent to an activating group) is 1. The number of benzene rings is 2. The van der Waals surface area contributed by atoms with Crippen molar-refractivity contribution in [1.82, 2.24) is 5.32 Å². The van der Waals surface area contributed by atoms with E-state index in [9.17, 15) is 14.7 Å². The third kappa shape index (κ3) is 3.82. The van der Waals surface area contributed by atoms with E-state index in [2.05, 4.69) is 5.32 Å². The molecule has 0 atom stereocenters. The molecule has 0 aliphatic heterocycles. The highest BCUT2D eigenvalue weighted by Crippen LogP contribution is 2.17. The number of aromatic hydroxyl groups is 1. The smallest absolute Gasteiger partial charge is 0.316 e. The third-order valence-corrected chi connectivity index (χ3v) is 3.03. The first-order valence-corrected chi connectivity index (χ1v) is 6.47. The number of carbonyl (C=O) groups is 2. The number of carbonyl (C=O) groups excluding carboxylic acids is 2. The quantitative estimate of drug-likeness (QED) is 0.842. The number of hydrogen-bond donors (Lipinski definition) is 2. The molecule has 5 heteroatoms. The highest BCUT2D eigenvalue weighted by molar-refractivity contribution is 6.40. The van der Waals surface area contributed by atoms with Crippen molar-refractivity contribution in [3.63, 3.8) is 0 Å². The van der Waals surface area contributed by atoms with Gasteiger partial charge >= 0.3 is 11.8 Å². The van der Waals surface area contributed by atoms with Crippen molar-refractivity contribution in [2.45, 2.75) is 6.54 Å². The zero-order chi connectivity index (χ0) is 15.2. The number of anilines is 1. The average Bonchev–Trinajstić information content (AvgIpc) is 2.53. The molecule has 2 rings (SSSR count). The molecule has 2 amide bonds. The van der Waals surface area contributed by atoms with Gasteiger partial charge in [0.25, 0.3) is 0 Å². The predicted molar refractivity (Wildman–Crippen MR) is 79.8 cm³/mol. The minimum absolute atomic E-state index is 0.105. The largest absolute Gasteiger partial charge is 0.508 e. The molecule has 0 aromatic heterocycles. The van der Waals surface area contributed by atoms with Gasteiger partial charge in [0, 0.05) is 19.3 Å². The molecule has 0 fully saturated rings. The highest BCUT2D eigenvalue weighted by atomic mass is 16.3. The molecular weight excluding hydrogens is 268 g/mol. The number of rotatable bonds is 3. The number of phenols is 1. The van der Waals surface area contributed by atoms with E-state index in [0.717, 1.165) is 5.56 Å². The summed E-state index contributed by atoms with van der Waals surface area (Å²) in [6, 6.07) is 15.4. The Hall–Kier alpha value is -2.82. The molecule has 0 radical (unpaired) electrons. The predicted octanol–water partition coefficient (Wildman–Crippen LogP) is 1.67. The summed E-state index contributed by atoms with van der Waals surface area (Å²) in [5, 5.41) is 11.8. The molecule has 0 aliphatic rings. The van der Waals surface area contributed by atoms with Crippen LogP contribution < -0.4 is 10.2 Å². The van der Waals surface area contributed by atoms with E-state index < -0.39 is 11.8 Å². The van der Waals surface area contributed by atoms with Crippen LogP contribution in [0.2, 0.25) is 0 Å². The zero-order valence-corrected chi connectivity index (χ0v) is 11.6. The molecule has 2 aromatic rings. The molecule has 0 bridgehead atoms. The standard InChI is InChI=1S/C16H16N2O3/c1-18(13-7-9-14(19)10-8-13)16(21)15(20)17-11-12-5-3-2-4-6-12/h2-10,19H,11H2,1H3,(H,17,20). The first kappa shape index (κ1) is 14.6. The summed E-state index contributed by atoms with van der Waals surface area (Å²) in [5.41, 5.74) is 1.46. The third-order valence-electron chi connectivity index (χ3n) is 3.03. The second kappa shape index (κ2) is 6.56. The summed E-state index contributed by atoms with van der Waals surface area (Å²) in [4.78, 5) is 25.1. The minimum Gasteiger partial charge on any atom is -0.508 e. The lowest BCUT2D eigenvalue weighted by atomic mass is 10.2. The Balaban J connectivity index is 1.95. The van der Waals surface area contributed by atoms with Crippen molar-refractivity contribution in [2.75, 3.05) is 11.9 Å². The number of nitrogens with one attached hydrogen (secondary N) is 1.